The van der Waals surface area contributed by atoms with Crippen LogP contribution in [0.2, 0.25) is 0 Å². The van der Waals surface area contributed by atoms with E-state index in [1.54, 1.807) is 0 Å². The van der Waals surface area contributed by atoms with Crippen molar-refractivity contribution in [2.75, 3.05) is 5.73 Å². The molecule has 2 aromatic rings. The van der Waals surface area contributed by atoms with E-state index in [1.165, 1.54) is 11.8 Å². The van der Waals surface area contributed by atoms with Crippen LogP contribution < -0.4 is 11.5 Å². The molecule has 4 N–H and O–H groups in total. The van der Waals surface area contributed by atoms with E-state index >= 15 is 0 Å². The molecule has 0 fully saturated rings. The molecule has 0 atom stereocenters. The predicted molar refractivity (Wildman–Crippen MR) is 69.5 cm³/mol. The molecule has 0 saturated carbocycles. The van der Waals surface area contributed by atoms with Crippen LogP contribution in [0, 0.1) is 0 Å². The van der Waals surface area contributed by atoms with Gasteiger partial charge in [-0.2, -0.15) is 0 Å². The van der Waals surface area contributed by atoms with Crippen molar-refractivity contribution in [3.05, 3.63) is 60.3 Å². The summed E-state index contributed by atoms with van der Waals surface area (Å²) in [5, 5.41) is 0. The molecule has 0 heterocycles. The van der Waals surface area contributed by atoms with Crippen LogP contribution in [0.15, 0.2) is 54.7 Å². The minimum absolute atomic E-state index is 0.784. The number of nitrogen functional groups attached to an aromatic ring is 1. The van der Waals surface area contributed by atoms with Gasteiger partial charge in [-0.05, 0) is 41.1 Å². The summed E-state index contributed by atoms with van der Waals surface area (Å²) >= 11 is 0. The number of nitrogens with two attached hydrogens (primary N) is 2. The molecule has 0 spiro atoms. The third-order valence-electron chi connectivity index (χ3n) is 2.44. The topological polar surface area (TPSA) is 52.0 Å². The van der Waals surface area contributed by atoms with Gasteiger partial charge in [0.2, 0.25) is 0 Å². The van der Waals surface area contributed by atoms with Gasteiger partial charge in [0, 0.05) is 5.69 Å². The number of anilines is 1. The Bertz CT molecular complexity index is 481. The maximum atomic E-state index is 5.65. The number of rotatable bonds is 2. The second kappa shape index (κ2) is 4.53. The van der Waals surface area contributed by atoms with E-state index in [9.17, 15) is 0 Å². The van der Waals surface area contributed by atoms with Crippen LogP contribution in [-0.2, 0) is 0 Å². The molecule has 2 nitrogen and oxygen atoms in total. The van der Waals surface area contributed by atoms with Crippen molar-refractivity contribution < 1.29 is 0 Å². The summed E-state index contributed by atoms with van der Waals surface area (Å²) in [5.41, 5.74) is 15.2. The van der Waals surface area contributed by atoms with Crippen LogP contribution in [0.25, 0.3) is 17.2 Å². The van der Waals surface area contributed by atoms with Gasteiger partial charge in [0.15, 0.2) is 0 Å². The highest BCUT2D eigenvalue weighted by atomic mass is 14.5. The molecule has 0 aliphatic heterocycles. The Hall–Kier alpha value is -2.22. The summed E-state index contributed by atoms with van der Waals surface area (Å²) in [7, 11) is 0. The molecule has 0 bridgehead atoms. The van der Waals surface area contributed by atoms with E-state index in [0.29, 0.717) is 0 Å². The summed E-state index contributed by atoms with van der Waals surface area (Å²) in [6.07, 6.45) is 3.41. The van der Waals surface area contributed by atoms with Crippen molar-refractivity contribution in [3.8, 4) is 11.1 Å². The second-order valence-electron chi connectivity index (χ2n) is 3.60. The minimum atomic E-state index is 0.784. The molecule has 0 radical (unpaired) electrons. The molecule has 16 heavy (non-hydrogen) atoms. The van der Waals surface area contributed by atoms with Crippen molar-refractivity contribution in [1.82, 2.24) is 0 Å². The fourth-order valence-corrected chi connectivity index (χ4v) is 1.57. The Morgan fingerprint density at radius 3 is 1.75 bits per heavy atom. The van der Waals surface area contributed by atoms with Gasteiger partial charge in [-0.15, -0.1) is 0 Å². The molecule has 0 aliphatic rings. The van der Waals surface area contributed by atoms with Crippen LogP contribution in [0.3, 0.4) is 0 Å². The molecule has 0 unspecified atom stereocenters. The zero-order chi connectivity index (χ0) is 11.4. The lowest BCUT2D eigenvalue weighted by Crippen LogP contribution is -1.84. The predicted octanol–water partition coefficient (Wildman–Crippen LogP) is 2.87. The van der Waals surface area contributed by atoms with Crippen molar-refractivity contribution >= 4 is 11.8 Å². The first kappa shape index (κ1) is 10.3. The van der Waals surface area contributed by atoms with Crippen molar-refractivity contribution in [2.24, 2.45) is 5.73 Å². The number of hydrogen-bond acceptors (Lipinski definition) is 2. The Morgan fingerprint density at radius 1 is 0.750 bits per heavy atom. The van der Waals surface area contributed by atoms with Crippen LogP contribution in [-0.4, -0.2) is 0 Å². The largest absolute Gasteiger partial charge is 0.405 e. The highest BCUT2D eigenvalue weighted by Gasteiger charge is 1.96. The highest BCUT2D eigenvalue weighted by Crippen LogP contribution is 2.21. The molecule has 2 aromatic carbocycles. The molecule has 0 aromatic heterocycles. The van der Waals surface area contributed by atoms with E-state index in [2.05, 4.69) is 12.1 Å². The third-order valence-corrected chi connectivity index (χ3v) is 2.44. The fraction of sp³-hybridized carbons (Fsp3) is 0. The van der Waals surface area contributed by atoms with E-state index in [0.717, 1.165) is 16.8 Å². The Kier molecular flexibility index (Phi) is 2.92. The first-order valence-electron chi connectivity index (χ1n) is 5.14. The monoisotopic (exact) mass is 210 g/mol. The lowest BCUT2D eigenvalue weighted by Gasteiger charge is -2.02. The summed E-state index contributed by atoms with van der Waals surface area (Å²) in [5.74, 6) is 0. The fourth-order valence-electron chi connectivity index (χ4n) is 1.57. The first-order chi connectivity index (χ1) is 7.79. The average molecular weight is 210 g/mol. The SMILES string of the molecule is N/C=C/c1ccc(-c2ccc(N)cc2)cc1. The lowest BCUT2D eigenvalue weighted by atomic mass is 10.0. The van der Waals surface area contributed by atoms with Crippen LogP contribution in [0.1, 0.15) is 5.56 Å². The van der Waals surface area contributed by atoms with Crippen LogP contribution in [0.4, 0.5) is 5.69 Å². The van der Waals surface area contributed by atoms with Gasteiger partial charge in [0.1, 0.15) is 0 Å². The molecule has 2 rings (SSSR count). The average Bonchev–Trinajstić information content (AvgIpc) is 2.32. The van der Waals surface area contributed by atoms with Gasteiger partial charge in [-0.25, -0.2) is 0 Å². The van der Waals surface area contributed by atoms with E-state index in [1.807, 2.05) is 42.5 Å². The van der Waals surface area contributed by atoms with E-state index in [-0.39, 0.29) is 0 Å². The number of benzene rings is 2. The van der Waals surface area contributed by atoms with Crippen molar-refractivity contribution in [1.29, 1.82) is 0 Å². The molecule has 80 valence electrons. The Balaban J connectivity index is 2.31. The quantitative estimate of drug-likeness (QED) is 0.749. The van der Waals surface area contributed by atoms with Crippen LogP contribution in [0.5, 0.6) is 0 Å². The van der Waals surface area contributed by atoms with E-state index < -0.39 is 0 Å². The lowest BCUT2D eigenvalue weighted by molar-refractivity contribution is 1.58. The Labute approximate surface area is 95.2 Å². The van der Waals surface area contributed by atoms with Gasteiger partial charge in [-0.1, -0.05) is 36.4 Å². The van der Waals surface area contributed by atoms with Gasteiger partial charge in [0.05, 0.1) is 0 Å². The van der Waals surface area contributed by atoms with Gasteiger partial charge >= 0.3 is 0 Å². The van der Waals surface area contributed by atoms with Crippen LogP contribution >= 0.6 is 0 Å². The summed E-state index contributed by atoms with van der Waals surface area (Å²) in [6, 6.07) is 16.1. The maximum Gasteiger partial charge on any atom is 0.0314 e. The molecular weight excluding hydrogens is 196 g/mol. The van der Waals surface area contributed by atoms with Crippen molar-refractivity contribution in [2.45, 2.75) is 0 Å². The third kappa shape index (κ3) is 2.23. The van der Waals surface area contributed by atoms with Crippen molar-refractivity contribution in [3.63, 3.8) is 0 Å². The molecule has 2 heteroatoms. The van der Waals surface area contributed by atoms with Gasteiger partial charge < -0.3 is 11.5 Å². The maximum absolute atomic E-state index is 5.65. The smallest absolute Gasteiger partial charge is 0.0314 e. The minimum Gasteiger partial charge on any atom is -0.405 e. The molecule has 0 aliphatic carbocycles. The standard InChI is InChI=1S/C14H14N2/c15-10-9-11-1-3-12(4-2-11)13-5-7-14(16)8-6-13/h1-10H,15-16H2/b10-9+. The van der Waals surface area contributed by atoms with Gasteiger partial charge in [0.25, 0.3) is 0 Å². The van der Waals surface area contributed by atoms with Gasteiger partial charge in [-0.3, -0.25) is 0 Å². The zero-order valence-corrected chi connectivity index (χ0v) is 8.93. The normalized spacial score (nSPS) is 10.8. The summed E-state index contributed by atoms with van der Waals surface area (Å²) < 4.78 is 0. The molecule has 0 saturated heterocycles. The number of hydrogen-bond donors (Lipinski definition) is 2. The van der Waals surface area contributed by atoms with E-state index in [4.69, 9.17) is 11.5 Å². The summed E-state index contributed by atoms with van der Waals surface area (Å²) in [4.78, 5) is 0. The molecular formula is C14H14N2. The molecule has 0 amide bonds. The Morgan fingerprint density at radius 2 is 1.25 bits per heavy atom. The second-order valence-corrected chi connectivity index (χ2v) is 3.60. The summed E-state index contributed by atoms with van der Waals surface area (Å²) in [6.45, 7) is 0. The highest BCUT2D eigenvalue weighted by molar-refractivity contribution is 5.67. The first-order valence-corrected chi connectivity index (χ1v) is 5.14. The zero-order valence-electron chi connectivity index (χ0n) is 8.93.